The molecule has 0 aliphatic carbocycles. The number of pyridine rings is 1. The van der Waals surface area contributed by atoms with E-state index >= 15 is 0 Å². The average molecular weight is 163 g/mol. The number of nitrogens with zero attached hydrogens (tertiary/aromatic N) is 2. The average Bonchev–Trinajstić information content (AvgIpc) is 2.03. The van der Waals surface area contributed by atoms with Crippen LogP contribution in [0, 0.1) is 23.2 Å². The summed E-state index contributed by atoms with van der Waals surface area (Å²) in [6.45, 7) is 0. The van der Waals surface area contributed by atoms with Crippen LogP contribution in [-0.4, -0.2) is 4.98 Å². The largest absolute Gasteiger partial charge is 0.263 e. The van der Waals surface area contributed by atoms with Gasteiger partial charge < -0.3 is 0 Å². The first-order chi connectivity index (χ1) is 5.34. The van der Waals surface area contributed by atoms with E-state index in [9.17, 15) is 0 Å². The molecule has 0 bridgehead atoms. The molecule has 0 amide bonds. The SMILES string of the molecule is N#CC#Cc1cnccc1Cl. The molecule has 0 aliphatic heterocycles. The van der Waals surface area contributed by atoms with Gasteiger partial charge in [-0.3, -0.25) is 4.98 Å². The monoisotopic (exact) mass is 162 g/mol. The Morgan fingerprint density at radius 2 is 2.36 bits per heavy atom. The number of hydrogen-bond donors (Lipinski definition) is 0. The minimum absolute atomic E-state index is 0.516. The summed E-state index contributed by atoms with van der Waals surface area (Å²) in [4.78, 5) is 3.80. The van der Waals surface area contributed by atoms with Gasteiger partial charge >= 0.3 is 0 Å². The van der Waals surface area contributed by atoms with Crippen molar-refractivity contribution in [3.8, 4) is 17.9 Å². The molecule has 1 rings (SSSR count). The van der Waals surface area contributed by atoms with Crippen LogP contribution in [0.25, 0.3) is 0 Å². The lowest BCUT2D eigenvalue weighted by Crippen LogP contribution is -1.77. The van der Waals surface area contributed by atoms with Gasteiger partial charge in [-0.2, -0.15) is 5.26 Å². The molecule has 0 unspecified atom stereocenters. The van der Waals surface area contributed by atoms with E-state index in [0.717, 1.165) is 0 Å². The molecule has 0 saturated carbocycles. The lowest BCUT2D eigenvalue weighted by Gasteiger charge is -1.89. The fourth-order valence-corrected chi connectivity index (χ4v) is 0.717. The van der Waals surface area contributed by atoms with Gasteiger partial charge in [-0.1, -0.05) is 11.6 Å². The Morgan fingerprint density at radius 1 is 1.55 bits per heavy atom. The van der Waals surface area contributed by atoms with Gasteiger partial charge in [0.1, 0.15) is 0 Å². The van der Waals surface area contributed by atoms with Crippen LogP contribution in [0.5, 0.6) is 0 Å². The Labute approximate surface area is 69.4 Å². The van der Waals surface area contributed by atoms with Crippen LogP contribution in [0.1, 0.15) is 5.56 Å². The second-order valence-corrected chi connectivity index (χ2v) is 2.12. The summed E-state index contributed by atoms with van der Waals surface area (Å²) < 4.78 is 0. The summed E-state index contributed by atoms with van der Waals surface area (Å²) in [6, 6.07) is 3.32. The third kappa shape index (κ3) is 1.97. The molecule has 1 aromatic heterocycles. The van der Waals surface area contributed by atoms with Crippen molar-refractivity contribution in [3.05, 3.63) is 29.0 Å². The molecule has 0 saturated heterocycles. The molecule has 0 atom stereocenters. The molecule has 2 nitrogen and oxygen atoms in total. The zero-order valence-electron chi connectivity index (χ0n) is 5.50. The van der Waals surface area contributed by atoms with Crippen LogP contribution >= 0.6 is 11.6 Å². The minimum atomic E-state index is 0.516. The molecule has 0 spiro atoms. The van der Waals surface area contributed by atoms with Gasteiger partial charge in [0, 0.05) is 18.3 Å². The first kappa shape index (κ1) is 7.60. The molecule has 3 heteroatoms. The molecule has 0 N–H and O–H groups in total. The first-order valence-electron chi connectivity index (χ1n) is 2.84. The van der Waals surface area contributed by atoms with Gasteiger partial charge in [-0.25, -0.2) is 0 Å². The Kier molecular flexibility index (Phi) is 2.49. The number of hydrogen-bond acceptors (Lipinski definition) is 2. The minimum Gasteiger partial charge on any atom is -0.263 e. The number of aromatic nitrogens is 1. The van der Waals surface area contributed by atoms with Crippen LogP contribution < -0.4 is 0 Å². The quantitative estimate of drug-likeness (QED) is 0.544. The highest BCUT2D eigenvalue weighted by Gasteiger charge is 1.92. The molecule has 0 aromatic carbocycles. The third-order valence-electron chi connectivity index (χ3n) is 1.02. The van der Waals surface area contributed by atoms with Crippen molar-refractivity contribution in [1.29, 1.82) is 5.26 Å². The molecule has 11 heavy (non-hydrogen) atoms. The number of nitriles is 1. The van der Waals surface area contributed by atoms with Crippen LogP contribution in [-0.2, 0) is 0 Å². The molecular weight excluding hydrogens is 160 g/mol. The van der Waals surface area contributed by atoms with E-state index in [0.29, 0.717) is 10.6 Å². The predicted molar refractivity (Wildman–Crippen MR) is 41.7 cm³/mol. The molecular formula is C8H3ClN2. The Hall–Kier alpha value is -1.51. The van der Waals surface area contributed by atoms with Crippen molar-refractivity contribution >= 4 is 11.6 Å². The molecule has 1 heterocycles. The lowest BCUT2D eigenvalue weighted by atomic mass is 10.3. The van der Waals surface area contributed by atoms with Gasteiger partial charge in [0.25, 0.3) is 0 Å². The van der Waals surface area contributed by atoms with Gasteiger partial charge in [0.2, 0.25) is 0 Å². The van der Waals surface area contributed by atoms with Crippen molar-refractivity contribution in [2.45, 2.75) is 0 Å². The van der Waals surface area contributed by atoms with Gasteiger partial charge in [0.05, 0.1) is 10.6 Å². The zero-order chi connectivity index (χ0) is 8.10. The normalized spacial score (nSPS) is 7.64. The van der Waals surface area contributed by atoms with E-state index in [-0.39, 0.29) is 0 Å². The summed E-state index contributed by atoms with van der Waals surface area (Å²) >= 11 is 5.71. The molecule has 0 fully saturated rings. The maximum atomic E-state index is 8.13. The summed E-state index contributed by atoms with van der Waals surface area (Å²) in [7, 11) is 0. The number of rotatable bonds is 0. The topological polar surface area (TPSA) is 36.7 Å². The summed E-state index contributed by atoms with van der Waals surface area (Å²) in [5, 5.41) is 8.65. The van der Waals surface area contributed by atoms with E-state index in [2.05, 4.69) is 16.8 Å². The smallest absolute Gasteiger partial charge is 0.152 e. The fourth-order valence-electron chi connectivity index (χ4n) is 0.565. The van der Waals surface area contributed by atoms with E-state index in [1.807, 2.05) is 0 Å². The van der Waals surface area contributed by atoms with Gasteiger partial charge in [-0.05, 0) is 12.0 Å². The second kappa shape index (κ2) is 3.61. The van der Waals surface area contributed by atoms with Gasteiger partial charge in [-0.15, -0.1) is 0 Å². The maximum Gasteiger partial charge on any atom is 0.152 e. The lowest BCUT2D eigenvalue weighted by molar-refractivity contribution is 1.31. The molecule has 52 valence electrons. The van der Waals surface area contributed by atoms with Crippen molar-refractivity contribution in [2.75, 3.05) is 0 Å². The fraction of sp³-hybridized carbons (Fsp3) is 0. The van der Waals surface area contributed by atoms with Crippen LogP contribution in [0.15, 0.2) is 18.5 Å². The van der Waals surface area contributed by atoms with Crippen LogP contribution in [0.2, 0.25) is 5.02 Å². The third-order valence-corrected chi connectivity index (χ3v) is 1.35. The Bertz CT molecular complexity index is 354. The molecule has 0 radical (unpaired) electrons. The highest BCUT2D eigenvalue weighted by molar-refractivity contribution is 6.31. The van der Waals surface area contributed by atoms with E-state index < -0.39 is 0 Å². The Morgan fingerprint density at radius 3 is 3.00 bits per heavy atom. The molecule has 1 aromatic rings. The van der Waals surface area contributed by atoms with Gasteiger partial charge in [0.15, 0.2) is 6.07 Å². The Balaban J connectivity index is 3.07. The molecule has 0 aliphatic rings. The van der Waals surface area contributed by atoms with E-state index in [1.165, 1.54) is 6.20 Å². The maximum absolute atomic E-state index is 8.13. The summed E-state index contributed by atoms with van der Waals surface area (Å²) in [5.41, 5.74) is 0.579. The number of halogens is 1. The van der Waals surface area contributed by atoms with Crippen molar-refractivity contribution in [3.63, 3.8) is 0 Å². The second-order valence-electron chi connectivity index (χ2n) is 1.72. The summed E-state index contributed by atoms with van der Waals surface area (Å²) in [6.07, 6.45) is 3.09. The van der Waals surface area contributed by atoms with Crippen molar-refractivity contribution in [2.24, 2.45) is 0 Å². The standard InChI is InChI=1S/C8H3ClN2/c9-8-3-5-11-6-7(8)2-1-4-10/h3,5-6H. The van der Waals surface area contributed by atoms with Crippen LogP contribution in [0.3, 0.4) is 0 Å². The van der Waals surface area contributed by atoms with Crippen LogP contribution in [0.4, 0.5) is 0 Å². The van der Waals surface area contributed by atoms with Crippen molar-refractivity contribution < 1.29 is 0 Å². The first-order valence-corrected chi connectivity index (χ1v) is 3.22. The van der Waals surface area contributed by atoms with Crippen molar-refractivity contribution in [1.82, 2.24) is 4.98 Å². The predicted octanol–water partition coefficient (Wildman–Crippen LogP) is 1.61. The van der Waals surface area contributed by atoms with E-state index in [1.54, 1.807) is 18.3 Å². The highest BCUT2D eigenvalue weighted by atomic mass is 35.5. The van der Waals surface area contributed by atoms with E-state index in [4.69, 9.17) is 16.9 Å². The zero-order valence-corrected chi connectivity index (χ0v) is 6.26. The highest BCUT2D eigenvalue weighted by Crippen LogP contribution is 2.11. The summed E-state index contributed by atoms with van der Waals surface area (Å²) in [5.74, 6) is 4.79.